The van der Waals surface area contributed by atoms with Gasteiger partial charge in [0.2, 0.25) is 0 Å². The molecule has 0 radical (unpaired) electrons. The van der Waals surface area contributed by atoms with E-state index in [-0.39, 0.29) is 18.9 Å². The van der Waals surface area contributed by atoms with Crippen LogP contribution in [0.2, 0.25) is 0 Å². The summed E-state index contributed by atoms with van der Waals surface area (Å²) in [6, 6.07) is 31.0. The Morgan fingerprint density at radius 1 is 0.784 bits per heavy atom. The molecule has 0 fully saturated rings. The minimum absolute atomic E-state index is 0. The summed E-state index contributed by atoms with van der Waals surface area (Å²) in [7, 11) is 0. The van der Waals surface area contributed by atoms with Gasteiger partial charge in [0.05, 0.1) is 12.0 Å². The van der Waals surface area contributed by atoms with Crippen LogP contribution >= 0.6 is 11.8 Å². The molecule has 1 atom stereocenters. The fourth-order valence-electron chi connectivity index (χ4n) is 4.25. The second kappa shape index (κ2) is 13.4. The summed E-state index contributed by atoms with van der Waals surface area (Å²) in [5.41, 5.74) is 7.40. The van der Waals surface area contributed by atoms with E-state index in [0.29, 0.717) is 17.7 Å². The SMILES string of the molecule is CSCCC(NC(=O)c1ccc(-c2cccc(-c3ccccc3)c2)cc1-c1ccccc1C)C(=O)[O-].[Li+]. The average Bonchev–Trinajstić information content (AvgIpc) is 2.91. The Labute approximate surface area is 234 Å². The van der Waals surface area contributed by atoms with Gasteiger partial charge in [0.25, 0.3) is 5.91 Å². The summed E-state index contributed by atoms with van der Waals surface area (Å²) < 4.78 is 0. The number of hydrogen-bond acceptors (Lipinski definition) is 4. The van der Waals surface area contributed by atoms with Gasteiger partial charge in [0.15, 0.2) is 0 Å². The average molecular weight is 502 g/mol. The van der Waals surface area contributed by atoms with E-state index in [1.54, 1.807) is 6.07 Å². The fourth-order valence-corrected chi connectivity index (χ4v) is 4.72. The second-order valence-electron chi connectivity index (χ2n) is 8.65. The van der Waals surface area contributed by atoms with Crippen LogP contribution in [-0.4, -0.2) is 29.9 Å². The normalized spacial score (nSPS) is 11.3. The van der Waals surface area contributed by atoms with Crippen LogP contribution in [-0.2, 0) is 4.79 Å². The van der Waals surface area contributed by atoms with Crippen LogP contribution in [0.1, 0.15) is 22.3 Å². The topological polar surface area (TPSA) is 69.2 Å². The maximum Gasteiger partial charge on any atom is 1.00 e. The molecular weight excluding hydrogens is 473 g/mol. The Hall–Kier alpha value is -3.23. The van der Waals surface area contributed by atoms with Crippen molar-refractivity contribution < 1.29 is 33.6 Å². The minimum Gasteiger partial charge on any atom is -0.548 e. The third-order valence-corrected chi connectivity index (χ3v) is 6.85. The first-order valence-electron chi connectivity index (χ1n) is 11.8. The van der Waals surface area contributed by atoms with E-state index in [4.69, 9.17) is 0 Å². The third-order valence-electron chi connectivity index (χ3n) is 6.20. The number of thioether (sulfide) groups is 1. The molecule has 0 aliphatic rings. The van der Waals surface area contributed by atoms with E-state index in [9.17, 15) is 14.7 Å². The second-order valence-corrected chi connectivity index (χ2v) is 9.63. The number of benzene rings is 4. The molecule has 0 spiro atoms. The van der Waals surface area contributed by atoms with Gasteiger partial charge in [-0.2, -0.15) is 11.8 Å². The smallest absolute Gasteiger partial charge is 0.548 e. The molecule has 1 unspecified atom stereocenters. The van der Waals surface area contributed by atoms with Gasteiger partial charge >= 0.3 is 18.9 Å². The van der Waals surface area contributed by atoms with Gasteiger partial charge in [-0.05, 0) is 82.5 Å². The Morgan fingerprint density at radius 2 is 1.41 bits per heavy atom. The number of carbonyl (C=O) groups is 2. The van der Waals surface area contributed by atoms with E-state index < -0.39 is 17.9 Å². The molecule has 4 rings (SSSR count). The molecule has 0 aliphatic carbocycles. The molecule has 0 saturated carbocycles. The molecule has 1 amide bonds. The molecule has 0 bridgehead atoms. The first kappa shape index (κ1) is 28.3. The minimum atomic E-state index is -1.27. The standard InChI is InChI=1S/C31H29NO3S.Li/c1-21-9-6-7-14-26(21)28-20-25(24-13-8-12-23(19-24)22-10-4-3-5-11-22)15-16-27(28)30(33)32-29(31(34)35)17-18-36-2;/h3-16,19-20,29H,17-18H2,1-2H3,(H,32,33)(H,34,35);/q;+1/p-1. The summed E-state index contributed by atoms with van der Waals surface area (Å²) in [5, 5.41) is 14.3. The first-order valence-corrected chi connectivity index (χ1v) is 13.2. The molecule has 0 heterocycles. The summed E-state index contributed by atoms with van der Waals surface area (Å²) >= 11 is 1.53. The van der Waals surface area contributed by atoms with E-state index in [0.717, 1.165) is 38.9 Å². The molecule has 37 heavy (non-hydrogen) atoms. The summed E-state index contributed by atoms with van der Waals surface area (Å²) in [6.45, 7) is 2.00. The van der Waals surface area contributed by atoms with Crippen LogP contribution in [0.5, 0.6) is 0 Å². The van der Waals surface area contributed by atoms with Crippen molar-refractivity contribution in [1.82, 2.24) is 5.32 Å². The van der Waals surface area contributed by atoms with Crippen LogP contribution in [0.15, 0.2) is 97.1 Å². The van der Waals surface area contributed by atoms with Crippen molar-refractivity contribution in [3.05, 3.63) is 108 Å². The largest absolute Gasteiger partial charge is 1.00 e. The van der Waals surface area contributed by atoms with Gasteiger partial charge in [0.1, 0.15) is 0 Å². The number of carboxylic acids is 1. The van der Waals surface area contributed by atoms with Crippen molar-refractivity contribution in [2.75, 3.05) is 12.0 Å². The van der Waals surface area contributed by atoms with Crippen molar-refractivity contribution >= 4 is 23.6 Å². The molecule has 0 aromatic heterocycles. The van der Waals surface area contributed by atoms with Crippen LogP contribution in [0, 0.1) is 6.92 Å². The van der Waals surface area contributed by atoms with E-state index in [1.807, 2.05) is 73.8 Å². The van der Waals surface area contributed by atoms with Crippen molar-refractivity contribution in [1.29, 1.82) is 0 Å². The van der Waals surface area contributed by atoms with Crippen molar-refractivity contribution in [2.24, 2.45) is 0 Å². The summed E-state index contributed by atoms with van der Waals surface area (Å²) in [4.78, 5) is 24.9. The third kappa shape index (κ3) is 6.96. The molecule has 1 N–H and O–H groups in total. The van der Waals surface area contributed by atoms with Gasteiger partial charge in [-0.25, -0.2) is 0 Å². The Morgan fingerprint density at radius 3 is 2.08 bits per heavy atom. The Kier molecular flexibility index (Phi) is 10.2. The number of carboxylic acid groups (broad SMARTS) is 1. The number of carbonyl (C=O) groups excluding carboxylic acids is 2. The maximum atomic E-state index is 13.3. The van der Waals surface area contributed by atoms with Gasteiger partial charge < -0.3 is 15.2 Å². The number of aliphatic carboxylic acids is 1. The zero-order valence-corrected chi connectivity index (χ0v) is 22.2. The van der Waals surface area contributed by atoms with Crippen LogP contribution < -0.4 is 29.3 Å². The van der Waals surface area contributed by atoms with E-state index in [2.05, 4.69) is 35.6 Å². The quantitative estimate of drug-likeness (QED) is 0.358. The van der Waals surface area contributed by atoms with Gasteiger partial charge in [-0.15, -0.1) is 0 Å². The van der Waals surface area contributed by atoms with E-state index in [1.165, 1.54) is 11.8 Å². The number of nitrogens with one attached hydrogen (secondary N) is 1. The van der Waals surface area contributed by atoms with Crippen molar-refractivity contribution in [3.63, 3.8) is 0 Å². The van der Waals surface area contributed by atoms with E-state index >= 15 is 0 Å². The molecule has 0 saturated heterocycles. The maximum absolute atomic E-state index is 13.3. The molecule has 4 aromatic carbocycles. The molecule has 4 nitrogen and oxygen atoms in total. The zero-order chi connectivity index (χ0) is 25.5. The Balaban J connectivity index is 0.00000380. The monoisotopic (exact) mass is 501 g/mol. The number of rotatable bonds is 9. The van der Waals surface area contributed by atoms with Crippen LogP contribution in [0.25, 0.3) is 33.4 Å². The Bertz CT molecular complexity index is 1370. The number of amides is 1. The molecule has 6 heteroatoms. The fraction of sp³-hybridized carbons (Fsp3) is 0.161. The molecular formula is C31H28LiNO3S. The molecule has 0 aliphatic heterocycles. The van der Waals surface area contributed by atoms with Crippen LogP contribution in [0.3, 0.4) is 0 Å². The zero-order valence-electron chi connectivity index (χ0n) is 21.4. The van der Waals surface area contributed by atoms with Crippen molar-refractivity contribution in [3.8, 4) is 33.4 Å². The first-order chi connectivity index (χ1) is 17.5. The number of hydrogen-bond donors (Lipinski definition) is 1. The predicted molar refractivity (Wildman–Crippen MR) is 147 cm³/mol. The number of aryl methyl sites for hydroxylation is 1. The molecule has 4 aromatic rings. The molecule has 182 valence electrons. The summed E-state index contributed by atoms with van der Waals surface area (Å²) in [6.07, 6.45) is 2.20. The summed E-state index contributed by atoms with van der Waals surface area (Å²) in [5.74, 6) is -1.09. The van der Waals surface area contributed by atoms with Gasteiger partial charge in [-0.3, -0.25) is 4.79 Å². The van der Waals surface area contributed by atoms with Crippen molar-refractivity contribution in [2.45, 2.75) is 19.4 Å². The van der Waals surface area contributed by atoms with Gasteiger partial charge in [-0.1, -0.05) is 78.9 Å². The van der Waals surface area contributed by atoms with Gasteiger partial charge in [0, 0.05) is 5.56 Å². The predicted octanol–water partition coefficient (Wildman–Crippen LogP) is 2.60. The van der Waals surface area contributed by atoms with Crippen LogP contribution in [0.4, 0.5) is 0 Å².